The van der Waals surface area contributed by atoms with E-state index >= 15 is 0 Å². The van der Waals surface area contributed by atoms with Gasteiger partial charge in [0.25, 0.3) is 0 Å². The van der Waals surface area contributed by atoms with E-state index in [1.807, 2.05) is 42.1 Å². The molecule has 4 aromatic rings. The number of aliphatic hydroxyl groups excluding tert-OH is 1. The SMILES string of the molecule is Cn1cnc(Nc2nc([C@H](O)c3ccc(F)cc3)nc3ccccc23)c1. The summed E-state index contributed by atoms with van der Waals surface area (Å²) < 4.78 is 15.0. The topological polar surface area (TPSA) is 75.9 Å². The molecule has 0 saturated heterocycles. The fourth-order valence-electron chi connectivity index (χ4n) is 2.70. The smallest absolute Gasteiger partial charge is 0.164 e. The van der Waals surface area contributed by atoms with Crippen molar-refractivity contribution in [1.29, 1.82) is 0 Å². The molecule has 2 N–H and O–H groups in total. The number of anilines is 2. The summed E-state index contributed by atoms with van der Waals surface area (Å²) in [6.07, 6.45) is 2.44. The van der Waals surface area contributed by atoms with Crippen molar-refractivity contribution in [3.05, 3.63) is 78.3 Å². The molecule has 1 atom stereocenters. The summed E-state index contributed by atoms with van der Waals surface area (Å²) in [6.45, 7) is 0. The first-order valence-electron chi connectivity index (χ1n) is 8.05. The molecule has 26 heavy (non-hydrogen) atoms. The van der Waals surface area contributed by atoms with Crippen LogP contribution in [0.5, 0.6) is 0 Å². The molecule has 0 aliphatic rings. The van der Waals surface area contributed by atoms with Gasteiger partial charge in [-0.25, -0.2) is 19.3 Å². The van der Waals surface area contributed by atoms with Crippen molar-refractivity contribution in [2.75, 3.05) is 5.32 Å². The minimum absolute atomic E-state index is 0.230. The minimum atomic E-state index is -1.07. The van der Waals surface area contributed by atoms with Gasteiger partial charge in [-0.2, -0.15) is 0 Å². The molecule has 2 aromatic heterocycles. The monoisotopic (exact) mass is 349 g/mol. The van der Waals surface area contributed by atoms with E-state index < -0.39 is 6.10 Å². The molecule has 2 heterocycles. The van der Waals surface area contributed by atoms with Crippen molar-refractivity contribution >= 4 is 22.5 Å². The predicted octanol–water partition coefficient (Wildman–Crippen LogP) is 3.33. The highest BCUT2D eigenvalue weighted by molar-refractivity contribution is 5.90. The van der Waals surface area contributed by atoms with Gasteiger partial charge >= 0.3 is 0 Å². The Balaban J connectivity index is 1.79. The third-order valence-corrected chi connectivity index (χ3v) is 4.00. The van der Waals surface area contributed by atoms with Crippen LogP contribution < -0.4 is 5.32 Å². The molecule has 0 saturated carbocycles. The molecule has 0 amide bonds. The van der Waals surface area contributed by atoms with E-state index in [-0.39, 0.29) is 11.6 Å². The van der Waals surface area contributed by atoms with Gasteiger partial charge in [0.05, 0.1) is 11.8 Å². The van der Waals surface area contributed by atoms with Crippen LogP contribution in [0.3, 0.4) is 0 Å². The van der Waals surface area contributed by atoms with Gasteiger partial charge in [-0.05, 0) is 29.8 Å². The maximum atomic E-state index is 13.1. The first kappa shape index (κ1) is 16.2. The lowest BCUT2D eigenvalue weighted by Crippen LogP contribution is -2.08. The molecule has 0 aliphatic carbocycles. The predicted molar refractivity (Wildman–Crippen MR) is 96.5 cm³/mol. The van der Waals surface area contributed by atoms with E-state index in [1.165, 1.54) is 24.3 Å². The summed E-state index contributed by atoms with van der Waals surface area (Å²) in [6, 6.07) is 13.1. The van der Waals surface area contributed by atoms with Crippen molar-refractivity contribution in [3.63, 3.8) is 0 Å². The van der Waals surface area contributed by atoms with Crippen LogP contribution in [-0.2, 0) is 7.05 Å². The van der Waals surface area contributed by atoms with E-state index in [4.69, 9.17) is 0 Å². The minimum Gasteiger partial charge on any atom is -0.380 e. The Morgan fingerprint density at radius 3 is 2.58 bits per heavy atom. The second kappa shape index (κ2) is 6.53. The zero-order valence-electron chi connectivity index (χ0n) is 14.0. The summed E-state index contributed by atoms with van der Waals surface area (Å²) in [5.74, 6) is 1.05. The maximum absolute atomic E-state index is 13.1. The lowest BCUT2D eigenvalue weighted by Gasteiger charge is -2.13. The van der Waals surface area contributed by atoms with Crippen LogP contribution in [-0.4, -0.2) is 24.6 Å². The first-order chi connectivity index (χ1) is 12.6. The highest BCUT2D eigenvalue weighted by atomic mass is 19.1. The lowest BCUT2D eigenvalue weighted by atomic mass is 10.1. The molecular weight excluding hydrogens is 333 g/mol. The molecule has 130 valence electrons. The van der Waals surface area contributed by atoms with Crippen molar-refractivity contribution in [2.45, 2.75) is 6.10 Å². The molecule has 4 rings (SSSR count). The van der Waals surface area contributed by atoms with Gasteiger partial charge in [-0.15, -0.1) is 0 Å². The van der Waals surface area contributed by atoms with Gasteiger partial charge in [0.1, 0.15) is 23.6 Å². The molecule has 0 aliphatic heterocycles. The molecule has 7 heteroatoms. The fourth-order valence-corrected chi connectivity index (χ4v) is 2.70. The van der Waals surface area contributed by atoms with Crippen LogP contribution in [0.15, 0.2) is 61.1 Å². The van der Waals surface area contributed by atoms with Gasteiger partial charge in [0, 0.05) is 18.6 Å². The molecule has 0 radical (unpaired) electrons. The summed E-state index contributed by atoms with van der Waals surface area (Å²) in [4.78, 5) is 13.2. The van der Waals surface area contributed by atoms with Crippen LogP contribution in [0, 0.1) is 5.82 Å². The number of halogens is 1. The molecule has 6 nitrogen and oxygen atoms in total. The Morgan fingerprint density at radius 2 is 1.85 bits per heavy atom. The maximum Gasteiger partial charge on any atom is 0.164 e. The Bertz CT molecular complexity index is 1060. The molecule has 2 aromatic carbocycles. The Hall–Kier alpha value is -3.32. The van der Waals surface area contributed by atoms with Gasteiger partial charge in [-0.3, -0.25) is 0 Å². The number of nitrogens with one attached hydrogen (secondary N) is 1. The van der Waals surface area contributed by atoms with Gasteiger partial charge < -0.3 is 15.0 Å². The number of benzene rings is 2. The Labute approximate surface area is 149 Å². The highest BCUT2D eigenvalue weighted by Crippen LogP contribution is 2.27. The van der Waals surface area contributed by atoms with Gasteiger partial charge in [0.15, 0.2) is 5.82 Å². The summed E-state index contributed by atoms with van der Waals surface area (Å²) in [5.41, 5.74) is 1.21. The molecule has 0 bridgehead atoms. The standard InChI is InChI=1S/C19H16FN5O/c1-25-10-16(21-11-25)23-18-14-4-2-3-5-15(14)22-19(24-18)17(26)12-6-8-13(20)9-7-12/h2-11,17,26H,1H3,(H,22,23,24)/t17-/m1/s1. The number of aryl methyl sites for hydroxylation is 1. The quantitative estimate of drug-likeness (QED) is 0.591. The average Bonchev–Trinajstić information content (AvgIpc) is 3.06. The average molecular weight is 349 g/mol. The Morgan fingerprint density at radius 1 is 1.08 bits per heavy atom. The number of rotatable bonds is 4. The number of hydrogen-bond acceptors (Lipinski definition) is 5. The molecular formula is C19H16FN5O. The zero-order chi connectivity index (χ0) is 18.1. The first-order valence-corrected chi connectivity index (χ1v) is 8.05. The van der Waals surface area contributed by atoms with Crippen LogP contribution in [0.1, 0.15) is 17.5 Å². The van der Waals surface area contributed by atoms with E-state index in [9.17, 15) is 9.50 Å². The summed E-state index contributed by atoms with van der Waals surface area (Å²) in [5, 5.41) is 14.6. The van der Waals surface area contributed by atoms with E-state index in [1.54, 1.807) is 6.33 Å². The van der Waals surface area contributed by atoms with Crippen LogP contribution in [0.25, 0.3) is 10.9 Å². The van der Waals surface area contributed by atoms with E-state index in [0.717, 1.165) is 5.39 Å². The molecule has 0 fully saturated rings. The number of para-hydroxylation sites is 1. The largest absolute Gasteiger partial charge is 0.380 e. The normalized spacial score (nSPS) is 12.3. The van der Waals surface area contributed by atoms with Crippen LogP contribution >= 0.6 is 0 Å². The third-order valence-electron chi connectivity index (χ3n) is 4.00. The number of nitrogens with zero attached hydrogens (tertiary/aromatic N) is 4. The fraction of sp³-hybridized carbons (Fsp3) is 0.105. The zero-order valence-corrected chi connectivity index (χ0v) is 14.0. The van der Waals surface area contributed by atoms with Crippen molar-refractivity contribution < 1.29 is 9.50 Å². The van der Waals surface area contributed by atoms with E-state index in [0.29, 0.717) is 22.7 Å². The van der Waals surface area contributed by atoms with Crippen LogP contribution in [0.4, 0.5) is 16.0 Å². The van der Waals surface area contributed by atoms with Crippen molar-refractivity contribution in [1.82, 2.24) is 19.5 Å². The van der Waals surface area contributed by atoms with Gasteiger partial charge in [0.2, 0.25) is 0 Å². The third kappa shape index (κ3) is 3.12. The number of aliphatic hydroxyl groups is 1. The van der Waals surface area contributed by atoms with Crippen molar-refractivity contribution in [2.24, 2.45) is 7.05 Å². The molecule has 0 spiro atoms. The number of fused-ring (bicyclic) bond motifs is 1. The Kier molecular flexibility index (Phi) is 4.06. The second-order valence-electron chi connectivity index (χ2n) is 5.95. The van der Waals surface area contributed by atoms with Crippen LogP contribution in [0.2, 0.25) is 0 Å². The lowest BCUT2D eigenvalue weighted by molar-refractivity contribution is 0.210. The number of aromatic nitrogens is 4. The van der Waals surface area contributed by atoms with Crippen molar-refractivity contribution in [3.8, 4) is 0 Å². The number of hydrogen-bond donors (Lipinski definition) is 2. The van der Waals surface area contributed by atoms with Gasteiger partial charge in [-0.1, -0.05) is 24.3 Å². The highest BCUT2D eigenvalue weighted by Gasteiger charge is 2.17. The summed E-state index contributed by atoms with van der Waals surface area (Å²) in [7, 11) is 1.87. The van der Waals surface area contributed by atoms with E-state index in [2.05, 4.69) is 20.3 Å². The number of imidazole rings is 1. The molecule has 0 unspecified atom stereocenters. The summed E-state index contributed by atoms with van der Waals surface area (Å²) >= 11 is 0. The second-order valence-corrected chi connectivity index (χ2v) is 5.95.